The fourth-order valence-electron chi connectivity index (χ4n) is 2.51. The minimum absolute atomic E-state index is 0.283. The van der Waals surface area contributed by atoms with Gasteiger partial charge in [0.1, 0.15) is 6.17 Å². The molecule has 0 aliphatic carbocycles. The summed E-state index contributed by atoms with van der Waals surface area (Å²) >= 11 is 5.87. The summed E-state index contributed by atoms with van der Waals surface area (Å²) in [5.74, 6) is 0. The maximum Gasteiger partial charge on any atom is 0.198 e. The number of hydrogen-bond donors (Lipinski definition) is 4. The van der Waals surface area contributed by atoms with Crippen LogP contribution in [0.15, 0.2) is 53.4 Å². The van der Waals surface area contributed by atoms with Crippen LogP contribution in [0.5, 0.6) is 0 Å². The van der Waals surface area contributed by atoms with E-state index in [9.17, 15) is 8.42 Å². The van der Waals surface area contributed by atoms with Crippen LogP contribution in [-0.4, -0.2) is 20.0 Å². The molecule has 4 N–H and O–H groups in total. The summed E-state index contributed by atoms with van der Waals surface area (Å²) in [5, 5.41) is 2.90. The molecule has 1 heterocycles. The third-order valence-electron chi connectivity index (χ3n) is 3.91. The van der Waals surface area contributed by atoms with E-state index >= 15 is 0 Å². The molecule has 0 radical (unpaired) electrons. The lowest BCUT2D eigenvalue weighted by Crippen LogP contribution is -2.45. The summed E-state index contributed by atoms with van der Waals surface area (Å²) in [6.07, 6.45) is 0.327. The smallest absolute Gasteiger partial charge is 0.198 e. The molecule has 2 aromatic carbocycles. The van der Waals surface area contributed by atoms with Gasteiger partial charge < -0.3 is 5.32 Å². The standard InChI is InChI=1S/C16H19ClN4O2S/c1-2-11-3-9-14(10-4-11)24(22,23)16-15(19-21-20-16)18-13-7-5-12(17)6-8-13/h3-10,15-16,18-21H,2H2,1H3. The molecule has 0 aromatic heterocycles. The molecule has 24 heavy (non-hydrogen) atoms. The molecule has 2 unspecified atom stereocenters. The number of hydrogen-bond acceptors (Lipinski definition) is 6. The number of anilines is 1. The first-order valence-corrected chi connectivity index (χ1v) is 9.54. The number of benzene rings is 2. The van der Waals surface area contributed by atoms with Gasteiger partial charge in [-0.2, -0.15) is 5.53 Å². The van der Waals surface area contributed by atoms with Crippen molar-refractivity contribution in [3.63, 3.8) is 0 Å². The fraction of sp³-hybridized carbons (Fsp3) is 0.250. The van der Waals surface area contributed by atoms with Gasteiger partial charge in [0, 0.05) is 10.7 Å². The zero-order valence-corrected chi connectivity index (χ0v) is 14.7. The summed E-state index contributed by atoms with van der Waals surface area (Å²) in [6, 6.07) is 14.0. The highest BCUT2D eigenvalue weighted by atomic mass is 35.5. The van der Waals surface area contributed by atoms with Crippen molar-refractivity contribution in [2.45, 2.75) is 29.8 Å². The Labute approximate surface area is 146 Å². The van der Waals surface area contributed by atoms with Gasteiger partial charge in [-0.25, -0.2) is 19.3 Å². The van der Waals surface area contributed by atoms with Crippen molar-refractivity contribution in [2.75, 3.05) is 5.32 Å². The summed E-state index contributed by atoms with van der Waals surface area (Å²) in [6.45, 7) is 2.03. The van der Waals surface area contributed by atoms with Crippen molar-refractivity contribution in [1.29, 1.82) is 0 Å². The molecule has 8 heteroatoms. The van der Waals surface area contributed by atoms with E-state index in [0.717, 1.165) is 17.7 Å². The summed E-state index contributed by atoms with van der Waals surface area (Å²) < 4.78 is 25.8. The van der Waals surface area contributed by atoms with Crippen LogP contribution in [0.25, 0.3) is 0 Å². The van der Waals surface area contributed by atoms with E-state index in [-0.39, 0.29) is 4.90 Å². The molecule has 0 bridgehead atoms. The molecule has 0 spiro atoms. The summed E-state index contributed by atoms with van der Waals surface area (Å²) in [7, 11) is -3.57. The Morgan fingerprint density at radius 1 is 1.04 bits per heavy atom. The molecule has 0 saturated carbocycles. The zero-order chi connectivity index (χ0) is 17.2. The SMILES string of the molecule is CCc1ccc(S(=O)(=O)C2NNNC2Nc2ccc(Cl)cc2)cc1. The molecule has 2 aromatic rings. The van der Waals surface area contributed by atoms with Crippen molar-refractivity contribution < 1.29 is 8.42 Å². The van der Waals surface area contributed by atoms with Gasteiger partial charge in [0.05, 0.1) is 4.90 Å². The lowest BCUT2D eigenvalue weighted by atomic mass is 10.2. The highest BCUT2D eigenvalue weighted by Gasteiger charge is 2.38. The predicted octanol–water partition coefficient (Wildman–Crippen LogP) is 2.05. The Kier molecular flexibility index (Phi) is 5.07. The number of aryl methyl sites for hydroxylation is 1. The van der Waals surface area contributed by atoms with Crippen molar-refractivity contribution >= 4 is 27.1 Å². The molecule has 128 valence electrons. The second-order valence-corrected chi connectivity index (χ2v) is 8.01. The van der Waals surface area contributed by atoms with E-state index in [2.05, 4.69) is 21.7 Å². The van der Waals surface area contributed by atoms with Gasteiger partial charge in [-0.05, 0) is 48.4 Å². The van der Waals surface area contributed by atoms with Gasteiger partial charge in [0.2, 0.25) is 0 Å². The minimum atomic E-state index is -3.57. The van der Waals surface area contributed by atoms with Crippen molar-refractivity contribution in [1.82, 2.24) is 16.4 Å². The van der Waals surface area contributed by atoms with Crippen LogP contribution in [0.4, 0.5) is 5.69 Å². The molecular weight excluding hydrogens is 348 g/mol. The third kappa shape index (κ3) is 3.55. The molecule has 6 nitrogen and oxygen atoms in total. The maximum absolute atomic E-state index is 12.9. The highest BCUT2D eigenvalue weighted by molar-refractivity contribution is 7.92. The van der Waals surface area contributed by atoms with Crippen molar-refractivity contribution in [3.8, 4) is 0 Å². The molecule has 1 saturated heterocycles. The van der Waals surface area contributed by atoms with Crippen molar-refractivity contribution in [3.05, 3.63) is 59.1 Å². The van der Waals surface area contributed by atoms with Crippen LogP contribution < -0.4 is 21.7 Å². The second kappa shape index (κ2) is 7.08. The van der Waals surface area contributed by atoms with Crippen LogP contribution in [0.1, 0.15) is 12.5 Å². The summed E-state index contributed by atoms with van der Waals surface area (Å²) in [5.41, 5.74) is 10.2. The van der Waals surface area contributed by atoms with E-state index in [1.807, 2.05) is 19.1 Å². The Bertz CT molecular complexity index is 794. The third-order valence-corrected chi connectivity index (χ3v) is 6.15. The number of rotatable bonds is 5. The molecule has 0 amide bonds. The van der Waals surface area contributed by atoms with Gasteiger partial charge in [-0.1, -0.05) is 30.7 Å². The highest BCUT2D eigenvalue weighted by Crippen LogP contribution is 2.21. The van der Waals surface area contributed by atoms with Gasteiger partial charge >= 0.3 is 0 Å². The first kappa shape index (κ1) is 17.2. The Morgan fingerprint density at radius 2 is 1.71 bits per heavy atom. The Hall–Kier alpha value is -1.64. The predicted molar refractivity (Wildman–Crippen MR) is 95.1 cm³/mol. The average molecular weight is 367 g/mol. The molecule has 1 fully saturated rings. The molecular formula is C16H19ClN4O2S. The van der Waals surface area contributed by atoms with Crippen LogP contribution in [0.3, 0.4) is 0 Å². The summed E-state index contributed by atoms with van der Waals surface area (Å²) in [4.78, 5) is 0.283. The lowest BCUT2D eigenvalue weighted by molar-refractivity contribution is 0.553. The topological polar surface area (TPSA) is 82.3 Å². The minimum Gasteiger partial charge on any atom is -0.367 e. The largest absolute Gasteiger partial charge is 0.367 e. The molecule has 2 atom stereocenters. The van der Waals surface area contributed by atoms with Gasteiger partial charge in [-0.3, -0.25) is 0 Å². The number of nitrogens with one attached hydrogen (secondary N) is 4. The van der Waals surface area contributed by atoms with Crippen LogP contribution in [0, 0.1) is 0 Å². The lowest BCUT2D eigenvalue weighted by Gasteiger charge is -2.20. The quantitative estimate of drug-likeness (QED) is 0.648. The van der Waals surface area contributed by atoms with Crippen LogP contribution in [0.2, 0.25) is 5.02 Å². The van der Waals surface area contributed by atoms with Crippen LogP contribution in [-0.2, 0) is 16.3 Å². The van der Waals surface area contributed by atoms with Gasteiger partial charge in [0.25, 0.3) is 0 Å². The second-order valence-electron chi connectivity index (χ2n) is 5.51. The fourth-order valence-corrected chi connectivity index (χ4v) is 4.15. The monoisotopic (exact) mass is 366 g/mol. The normalized spacial score (nSPS) is 20.9. The molecule has 3 rings (SSSR count). The number of halogens is 1. The van der Waals surface area contributed by atoms with E-state index in [1.165, 1.54) is 0 Å². The molecule has 1 aliphatic rings. The Balaban J connectivity index is 1.81. The van der Waals surface area contributed by atoms with E-state index in [1.54, 1.807) is 36.4 Å². The first-order valence-electron chi connectivity index (χ1n) is 7.61. The maximum atomic E-state index is 12.9. The Morgan fingerprint density at radius 3 is 2.33 bits per heavy atom. The molecule has 1 aliphatic heterocycles. The van der Waals surface area contributed by atoms with Crippen molar-refractivity contribution in [2.24, 2.45) is 0 Å². The van der Waals surface area contributed by atoms with E-state index in [4.69, 9.17) is 11.6 Å². The van der Waals surface area contributed by atoms with Gasteiger partial charge in [-0.15, -0.1) is 0 Å². The van der Waals surface area contributed by atoms with E-state index in [0.29, 0.717) is 5.02 Å². The zero-order valence-electron chi connectivity index (χ0n) is 13.1. The number of hydrazine groups is 2. The first-order chi connectivity index (χ1) is 11.5. The van der Waals surface area contributed by atoms with Gasteiger partial charge in [0.15, 0.2) is 15.2 Å². The van der Waals surface area contributed by atoms with Crippen LogP contribution >= 0.6 is 11.6 Å². The number of sulfone groups is 1. The van der Waals surface area contributed by atoms with E-state index < -0.39 is 21.4 Å². The average Bonchev–Trinajstić information content (AvgIpc) is 3.06.